The Morgan fingerprint density at radius 1 is 1.19 bits per heavy atom. The highest BCUT2D eigenvalue weighted by Crippen LogP contribution is 2.35. The van der Waals surface area contributed by atoms with Gasteiger partial charge in [-0.2, -0.15) is 0 Å². The van der Waals surface area contributed by atoms with Crippen molar-refractivity contribution in [3.8, 4) is 11.5 Å². The zero-order valence-corrected chi connectivity index (χ0v) is 17.9. The smallest absolute Gasteiger partial charge is 0.254 e. The van der Waals surface area contributed by atoms with Crippen molar-refractivity contribution in [3.05, 3.63) is 47.9 Å². The first-order valence-corrected chi connectivity index (χ1v) is 11.3. The van der Waals surface area contributed by atoms with Crippen LogP contribution in [0.4, 0.5) is 0 Å². The Bertz CT molecular complexity index is 1090. The van der Waals surface area contributed by atoms with Crippen LogP contribution in [-0.4, -0.2) is 38.7 Å². The van der Waals surface area contributed by atoms with Crippen LogP contribution in [0.5, 0.6) is 11.5 Å². The molecule has 1 amide bonds. The quantitative estimate of drug-likeness (QED) is 0.553. The van der Waals surface area contributed by atoms with Crippen LogP contribution in [0.15, 0.2) is 36.5 Å². The van der Waals surface area contributed by atoms with E-state index in [9.17, 15) is 4.79 Å². The number of nitrogens with zero attached hydrogens (tertiary/aromatic N) is 4. The number of fused-ring (bicyclic) bond motifs is 2. The number of rotatable bonds is 7. The third-order valence-electron chi connectivity index (χ3n) is 6.23. The summed E-state index contributed by atoms with van der Waals surface area (Å²) in [5.41, 5.74) is 2.44. The van der Waals surface area contributed by atoms with E-state index in [1.807, 2.05) is 35.4 Å². The average molecular weight is 421 g/mol. The van der Waals surface area contributed by atoms with Crippen molar-refractivity contribution < 1.29 is 14.3 Å². The molecule has 5 rings (SSSR count). The second kappa shape index (κ2) is 8.57. The fraction of sp³-hybridized carbons (Fsp3) is 0.458. The molecule has 7 heteroatoms. The molecule has 0 atom stereocenters. The molecule has 0 bridgehead atoms. The van der Waals surface area contributed by atoms with Crippen LogP contribution in [0.25, 0.3) is 11.2 Å². The van der Waals surface area contributed by atoms with Crippen molar-refractivity contribution in [1.29, 1.82) is 0 Å². The van der Waals surface area contributed by atoms with E-state index < -0.39 is 0 Å². The molecule has 0 spiro atoms. The number of hydrogen-bond acceptors (Lipinski definition) is 5. The van der Waals surface area contributed by atoms with Gasteiger partial charge in [-0.15, -0.1) is 0 Å². The minimum Gasteiger partial charge on any atom is -0.454 e. The summed E-state index contributed by atoms with van der Waals surface area (Å²) in [4.78, 5) is 24.9. The molecule has 3 aromatic rings. The number of aromatic nitrogens is 3. The Hall–Kier alpha value is -3.09. The number of pyridine rings is 1. The van der Waals surface area contributed by atoms with Gasteiger partial charge in [-0.05, 0) is 49.6 Å². The van der Waals surface area contributed by atoms with Gasteiger partial charge in [0.25, 0.3) is 5.91 Å². The van der Waals surface area contributed by atoms with Crippen molar-refractivity contribution in [2.45, 2.75) is 58.0 Å². The van der Waals surface area contributed by atoms with Gasteiger partial charge >= 0.3 is 0 Å². The molecule has 0 radical (unpaired) electrons. The lowest BCUT2D eigenvalue weighted by Crippen LogP contribution is -2.33. The van der Waals surface area contributed by atoms with Crippen LogP contribution in [0.2, 0.25) is 0 Å². The number of ether oxygens (including phenoxy) is 2. The molecule has 31 heavy (non-hydrogen) atoms. The van der Waals surface area contributed by atoms with Crippen LogP contribution < -0.4 is 9.47 Å². The zero-order valence-electron chi connectivity index (χ0n) is 17.9. The van der Waals surface area contributed by atoms with Crippen LogP contribution in [-0.2, 0) is 6.54 Å². The summed E-state index contributed by atoms with van der Waals surface area (Å²) in [6.07, 6.45) is 8.52. The van der Waals surface area contributed by atoms with E-state index >= 15 is 0 Å². The van der Waals surface area contributed by atoms with Gasteiger partial charge < -0.3 is 18.9 Å². The molecule has 0 saturated heterocycles. The second-order valence-electron chi connectivity index (χ2n) is 8.33. The van der Waals surface area contributed by atoms with Crippen molar-refractivity contribution >= 4 is 17.1 Å². The maximum absolute atomic E-state index is 13.5. The molecule has 162 valence electrons. The molecular weight excluding hydrogens is 392 g/mol. The number of carbonyl (C=O) groups is 1. The number of amides is 1. The lowest BCUT2D eigenvalue weighted by Gasteiger charge is -2.24. The number of benzene rings is 1. The zero-order chi connectivity index (χ0) is 21.2. The van der Waals surface area contributed by atoms with Gasteiger partial charge in [0.1, 0.15) is 11.3 Å². The molecular formula is C24H28N4O3. The van der Waals surface area contributed by atoms with Crippen LogP contribution in [0.1, 0.15) is 67.7 Å². The van der Waals surface area contributed by atoms with Gasteiger partial charge in [0.15, 0.2) is 17.1 Å². The Morgan fingerprint density at radius 2 is 2.03 bits per heavy atom. The molecule has 3 heterocycles. The maximum Gasteiger partial charge on any atom is 0.254 e. The molecule has 1 aliphatic heterocycles. The third kappa shape index (κ3) is 3.84. The van der Waals surface area contributed by atoms with E-state index in [1.165, 1.54) is 12.8 Å². The predicted molar refractivity (Wildman–Crippen MR) is 117 cm³/mol. The second-order valence-corrected chi connectivity index (χ2v) is 8.33. The summed E-state index contributed by atoms with van der Waals surface area (Å²) in [5, 5.41) is 0. The first-order valence-electron chi connectivity index (χ1n) is 11.3. The van der Waals surface area contributed by atoms with Gasteiger partial charge in [-0.1, -0.05) is 26.2 Å². The van der Waals surface area contributed by atoms with Crippen LogP contribution in [0.3, 0.4) is 0 Å². The topological polar surface area (TPSA) is 69.5 Å². The molecule has 1 saturated carbocycles. The van der Waals surface area contributed by atoms with E-state index in [1.54, 1.807) is 6.07 Å². The third-order valence-corrected chi connectivity index (χ3v) is 6.23. The molecule has 7 nitrogen and oxygen atoms in total. The van der Waals surface area contributed by atoms with Crippen molar-refractivity contribution in [3.63, 3.8) is 0 Å². The van der Waals surface area contributed by atoms with Gasteiger partial charge in [0.05, 0.1) is 6.54 Å². The lowest BCUT2D eigenvalue weighted by atomic mass is 10.1. The van der Waals surface area contributed by atoms with Crippen LogP contribution >= 0.6 is 0 Å². The molecule has 1 aromatic carbocycles. The summed E-state index contributed by atoms with van der Waals surface area (Å²) in [6, 6.07) is 9.74. The lowest BCUT2D eigenvalue weighted by molar-refractivity contribution is 0.0733. The van der Waals surface area contributed by atoms with E-state index in [0.717, 1.165) is 42.7 Å². The predicted octanol–water partition coefficient (Wildman–Crippen LogP) is 4.72. The Morgan fingerprint density at radius 3 is 2.87 bits per heavy atom. The highest BCUT2D eigenvalue weighted by molar-refractivity contribution is 5.95. The normalized spacial score (nSPS) is 15.6. The average Bonchev–Trinajstić information content (AvgIpc) is 3.54. The van der Waals surface area contributed by atoms with Crippen molar-refractivity contribution in [2.24, 2.45) is 0 Å². The fourth-order valence-corrected chi connectivity index (χ4v) is 4.62. The van der Waals surface area contributed by atoms with Crippen LogP contribution in [0, 0.1) is 0 Å². The highest BCUT2D eigenvalue weighted by Gasteiger charge is 2.26. The number of hydrogen-bond donors (Lipinski definition) is 0. The summed E-state index contributed by atoms with van der Waals surface area (Å²) in [5.74, 6) is 2.23. The summed E-state index contributed by atoms with van der Waals surface area (Å²) < 4.78 is 13.2. The first-order chi connectivity index (χ1) is 15.2. The van der Waals surface area contributed by atoms with Crippen molar-refractivity contribution in [2.75, 3.05) is 13.3 Å². The molecule has 0 unspecified atom stereocenters. The SMILES string of the molecule is CCCCN(Cc1nc2cccnc2n1C1CCCC1)C(=O)c1ccc2c(c1)OCO2. The van der Waals surface area contributed by atoms with Gasteiger partial charge in [0, 0.05) is 24.3 Å². The van der Waals surface area contributed by atoms with Gasteiger partial charge in [-0.3, -0.25) is 4.79 Å². The summed E-state index contributed by atoms with van der Waals surface area (Å²) in [6.45, 7) is 3.50. The first kappa shape index (κ1) is 19.8. The Kier molecular flexibility index (Phi) is 5.49. The molecule has 0 N–H and O–H groups in total. The van der Waals surface area contributed by atoms with E-state index in [0.29, 0.717) is 36.2 Å². The Labute approximate surface area is 182 Å². The van der Waals surface area contributed by atoms with E-state index in [4.69, 9.17) is 14.5 Å². The highest BCUT2D eigenvalue weighted by atomic mass is 16.7. The number of unbranched alkanes of at least 4 members (excludes halogenated alkanes) is 1. The maximum atomic E-state index is 13.5. The molecule has 2 aliphatic rings. The van der Waals surface area contributed by atoms with Gasteiger partial charge in [-0.25, -0.2) is 9.97 Å². The molecule has 2 aromatic heterocycles. The van der Waals surface area contributed by atoms with E-state index in [2.05, 4.69) is 16.5 Å². The largest absolute Gasteiger partial charge is 0.454 e. The molecule has 1 aliphatic carbocycles. The minimum absolute atomic E-state index is 0.00950. The monoisotopic (exact) mass is 420 g/mol. The molecule has 1 fully saturated rings. The minimum atomic E-state index is -0.00950. The summed E-state index contributed by atoms with van der Waals surface area (Å²) in [7, 11) is 0. The van der Waals surface area contributed by atoms with Crippen molar-refractivity contribution in [1.82, 2.24) is 19.4 Å². The fourth-order valence-electron chi connectivity index (χ4n) is 4.62. The van der Waals surface area contributed by atoms with Gasteiger partial charge in [0.2, 0.25) is 6.79 Å². The standard InChI is InChI=1S/C24H28N4O3/c1-2-3-13-27(24(29)17-10-11-20-21(14-17)31-16-30-20)15-22-26-19-9-6-12-25-23(19)28(22)18-7-4-5-8-18/h6,9-12,14,18H,2-5,7-8,13,15-16H2,1H3. The number of imidazole rings is 1. The van der Waals surface area contributed by atoms with E-state index in [-0.39, 0.29) is 12.7 Å². The number of carbonyl (C=O) groups excluding carboxylic acids is 1. The summed E-state index contributed by atoms with van der Waals surface area (Å²) >= 11 is 0. The Balaban J connectivity index is 1.48.